The van der Waals surface area contributed by atoms with Crippen molar-refractivity contribution in [2.75, 3.05) is 12.4 Å². The van der Waals surface area contributed by atoms with Crippen molar-refractivity contribution in [2.24, 2.45) is 0 Å². The van der Waals surface area contributed by atoms with E-state index in [1.807, 2.05) is 25.4 Å². The fraction of sp³-hybridized carbons (Fsp3) is 0.0833. The van der Waals surface area contributed by atoms with Crippen molar-refractivity contribution in [1.29, 1.82) is 0 Å². The number of imidazole rings is 1. The SMILES string of the molecule is CNc1ccn2c(c1)nc1cc(I)ccc12. The van der Waals surface area contributed by atoms with Crippen molar-refractivity contribution >= 4 is 45.0 Å². The first-order valence-corrected chi connectivity index (χ1v) is 6.11. The van der Waals surface area contributed by atoms with E-state index in [-0.39, 0.29) is 0 Å². The fourth-order valence-corrected chi connectivity index (χ4v) is 2.32. The molecule has 3 nitrogen and oxygen atoms in total. The van der Waals surface area contributed by atoms with E-state index in [4.69, 9.17) is 0 Å². The van der Waals surface area contributed by atoms with Gasteiger partial charge in [0.2, 0.25) is 0 Å². The molecular weight excluding hydrogens is 313 g/mol. The van der Waals surface area contributed by atoms with Gasteiger partial charge in [-0.1, -0.05) is 0 Å². The molecular formula is C12H10IN3. The lowest BCUT2D eigenvalue weighted by Gasteiger charge is -2.00. The molecule has 0 unspecified atom stereocenters. The van der Waals surface area contributed by atoms with Crippen LogP contribution in [0.2, 0.25) is 0 Å². The number of halogens is 1. The maximum atomic E-state index is 4.60. The van der Waals surface area contributed by atoms with Crippen LogP contribution >= 0.6 is 22.6 Å². The molecule has 0 saturated carbocycles. The van der Waals surface area contributed by atoms with E-state index < -0.39 is 0 Å². The number of aromatic nitrogens is 2. The Bertz CT molecular complexity index is 672. The summed E-state index contributed by atoms with van der Waals surface area (Å²) in [6.45, 7) is 0. The molecule has 80 valence electrons. The molecule has 1 aromatic carbocycles. The molecule has 0 atom stereocenters. The van der Waals surface area contributed by atoms with E-state index in [1.54, 1.807) is 0 Å². The van der Waals surface area contributed by atoms with Gasteiger partial charge in [-0.2, -0.15) is 0 Å². The van der Waals surface area contributed by atoms with E-state index in [2.05, 4.69) is 55.5 Å². The van der Waals surface area contributed by atoms with Gasteiger partial charge in [-0.05, 0) is 46.9 Å². The Morgan fingerprint density at radius 2 is 2.12 bits per heavy atom. The normalized spacial score (nSPS) is 11.1. The Hall–Kier alpha value is -1.30. The van der Waals surface area contributed by atoms with Gasteiger partial charge < -0.3 is 5.32 Å². The van der Waals surface area contributed by atoms with Crippen molar-refractivity contribution in [3.8, 4) is 0 Å². The van der Waals surface area contributed by atoms with E-state index in [1.165, 1.54) is 3.57 Å². The molecule has 3 rings (SSSR count). The number of hydrogen-bond donors (Lipinski definition) is 1. The molecule has 2 aromatic heterocycles. The molecule has 0 aliphatic heterocycles. The van der Waals surface area contributed by atoms with Crippen molar-refractivity contribution in [1.82, 2.24) is 9.38 Å². The average Bonchev–Trinajstić information content (AvgIpc) is 2.64. The third-order valence-electron chi connectivity index (χ3n) is 2.66. The number of anilines is 1. The molecule has 0 radical (unpaired) electrons. The second kappa shape index (κ2) is 3.62. The van der Waals surface area contributed by atoms with Crippen LogP contribution in [-0.2, 0) is 0 Å². The summed E-state index contributed by atoms with van der Waals surface area (Å²) < 4.78 is 3.31. The molecule has 0 aliphatic rings. The first-order valence-electron chi connectivity index (χ1n) is 5.03. The predicted octanol–water partition coefficient (Wildman–Crippen LogP) is 3.13. The molecule has 3 aromatic rings. The lowest BCUT2D eigenvalue weighted by molar-refractivity contribution is 1.22. The van der Waals surface area contributed by atoms with Crippen LogP contribution in [0, 0.1) is 3.57 Å². The zero-order valence-corrected chi connectivity index (χ0v) is 10.9. The minimum absolute atomic E-state index is 0.976. The third-order valence-corrected chi connectivity index (χ3v) is 3.33. The molecule has 0 spiro atoms. The van der Waals surface area contributed by atoms with Gasteiger partial charge in [-0.15, -0.1) is 0 Å². The summed E-state index contributed by atoms with van der Waals surface area (Å²) in [5, 5.41) is 3.12. The number of rotatable bonds is 1. The predicted molar refractivity (Wildman–Crippen MR) is 75.0 cm³/mol. The van der Waals surface area contributed by atoms with Gasteiger partial charge in [0.05, 0.1) is 11.0 Å². The van der Waals surface area contributed by atoms with Crippen LogP contribution in [0.15, 0.2) is 36.5 Å². The second-order valence-electron chi connectivity index (χ2n) is 3.64. The maximum Gasteiger partial charge on any atom is 0.139 e. The number of hydrogen-bond acceptors (Lipinski definition) is 2. The first kappa shape index (κ1) is 9.89. The van der Waals surface area contributed by atoms with E-state index in [0.717, 1.165) is 22.4 Å². The molecule has 0 fully saturated rings. The highest BCUT2D eigenvalue weighted by molar-refractivity contribution is 14.1. The summed E-state index contributed by atoms with van der Waals surface area (Å²) in [5.41, 5.74) is 4.25. The van der Waals surface area contributed by atoms with Gasteiger partial charge >= 0.3 is 0 Å². The quantitative estimate of drug-likeness (QED) is 0.697. The molecule has 1 N–H and O–H groups in total. The molecule has 4 heteroatoms. The molecule has 0 saturated heterocycles. The smallest absolute Gasteiger partial charge is 0.139 e. The highest BCUT2D eigenvalue weighted by Gasteiger charge is 2.04. The van der Waals surface area contributed by atoms with Crippen LogP contribution in [0.5, 0.6) is 0 Å². The van der Waals surface area contributed by atoms with Gasteiger partial charge in [0.15, 0.2) is 0 Å². The highest BCUT2D eigenvalue weighted by Crippen LogP contribution is 2.20. The Morgan fingerprint density at radius 3 is 2.94 bits per heavy atom. The largest absolute Gasteiger partial charge is 0.388 e. The Morgan fingerprint density at radius 1 is 1.25 bits per heavy atom. The minimum atomic E-state index is 0.976. The fourth-order valence-electron chi connectivity index (χ4n) is 1.85. The maximum absolute atomic E-state index is 4.60. The lowest BCUT2D eigenvalue weighted by atomic mass is 10.3. The molecule has 2 heterocycles. The van der Waals surface area contributed by atoms with Crippen molar-refractivity contribution in [2.45, 2.75) is 0 Å². The molecule has 0 bridgehead atoms. The molecule has 0 amide bonds. The highest BCUT2D eigenvalue weighted by atomic mass is 127. The van der Waals surface area contributed by atoms with Gasteiger partial charge in [0.1, 0.15) is 5.65 Å². The first-order chi connectivity index (χ1) is 7.78. The number of pyridine rings is 1. The van der Waals surface area contributed by atoms with Crippen LogP contribution in [0.4, 0.5) is 5.69 Å². The van der Waals surface area contributed by atoms with Crippen molar-refractivity contribution in [3.63, 3.8) is 0 Å². The van der Waals surface area contributed by atoms with Crippen LogP contribution in [0.25, 0.3) is 16.7 Å². The summed E-state index contributed by atoms with van der Waals surface area (Å²) in [7, 11) is 1.91. The van der Waals surface area contributed by atoms with E-state index >= 15 is 0 Å². The zero-order chi connectivity index (χ0) is 11.1. The van der Waals surface area contributed by atoms with Gasteiger partial charge in [-0.25, -0.2) is 4.98 Å². The van der Waals surface area contributed by atoms with Gasteiger partial charge in [0.25, 0.3) is 0 Å². The summed E-state index contributed by atoms with van der Waals surface area (Å²) in [6, 6.07) is 10.4. The van der Waals surface area contributed by atoms with Crippen LogP contribution < -0.4 is 5.32 Å². The number of fused-ring (bicyclic) bond motifs is 3. The van der Waals surface area contributed by atoms with E-state index in [0.29, 0.717) is 0 Å². The zero-order valence-electron chi connectivity index (χ0n) is 8.74. The topological polar surface area (TPSA) is 29.3 Å². The standard InChI is InChI=1S/C12H10IN3/c1-14-9-4-5-16-11-3-2-8(13)6-10(11)15-12(16)7-9/h2-7,14H,1H3. The minimum Gasteiger partial charge on any atom is -0.388 e. The van der Waals surface area contributed by atoms with Gasteiger partial charge in [0, 0.05) is 28.6 Å². The summed E-state index contributed by atoms with van der Waals surface area (Å²) in [6.07, 6.45) is 2.05. The van der Waals surface area contributed by atoms with Crippen molar-refractivity contribution in [3.05, 3.63) is 40.1 Å². The molecule has 0 aliphatic carbocycles. The summed E-state index contributed by atoms with van der Waals surface area (Å²) in [4.78, 5) is 4.60. The van der Waals surface area contributed by atoms with Crippen LogP contribution in [0.3, 0.4) is 0 Å². The Kier molecular flexibility index (Phi) is 2.24. The summed E-state index contributed by atoms with van der Waals surface area (Å²) in [5.74, 6) is 0. The molecule has 16 heavy (non-hydrogen) atoms. The van der Waals surface area contributed by atoms with Crippen LogP contribution in [0.1, 0.15) is 0 Å². The third kappa shape index (κ3) is 1.44. The summed E-state index contributed by atoms with van der Waals surface area (Å²) >= 11 is 2.31. The monoisotopic (exact) mass is 323 g/mol. The lowest BCUT2D eigenvalue weighted by Crippen LogP contribution is -1.90. The Balaban J connectivity index is 2.40. The van der Waals surface area contributed by atoms with Crippen LogP contribution in [-0.4, -0.2) is 16.4 Å². The Labute approximate surface area is 107 Å². The van der Waals surface area contributed by atoms with E-state index in [9.17, 15) is 0 Å². The number of benzene rings is 1. The average molecular weight is 323 g/mol. The number of nitrogens with zero attached hydrogens (tertiary/aromatic N) is 2. The second-order valence-corrected chi connectivity index (χ2v) is 4.88. The number of nitrogens with one attached hydrogen (secondary N) is 1. The van der Waals surface area contributed by atoms with Gasteiger partial charge in [-0.3, -0.25) is 4.40 Å². The van der Waals surface area contributed by atoms with Crippen molar-refractivity contribution < 1.29 is 0 Å².